The third-order valence-electron chi connectivity index (χ3n) is 5.98. The zero-order valence-electron chi connectivity index (χ0n) is 20.6. The summed E-state index contributed by atoms with van der Waals surface area (Å²) in [6.07, 6.45) is -3.07. The number of pyridine rings is 1. The van der Waals surface area contributed by atoms with Crippen molar-refractivity contribution in [2.24, 2.45) is 0 Å². The Morgan fingerprint density at radius 3 is 2.26 bits per heavy atom. The summed E-state index contributed by atoms with van der Waals surface area (Å²) in [5.41, 5.74) is 2.36. The number of halogens is 3. The molecule has 4 nitrogen and oxygen atoms in total. The van der Waals surface area contributed by atoms with Crippen LogP contribution in [-0.2, 0) is 17.4 Å². The van der Waals surface area contributed by atoms with E-state index in [1.54, 1.807) is 13.8 Å². The van der Waals surface area contributed by atoms with E-state index >= 15 is 0 Å². The van der Waals surface area contributed by atoms with Gasteiger partial charge in [-0.25, -0.2) is 4.98 Å². The lowest BCUT2D eigenvalue weighted by Gasteiger charge is -2.31. The molecule has 186 valence electrons. The van der Waals surface area contributed by atoms with Crippen LogP contribution in [0.2, 0.25) is 0 Å². The summed E-state index contributed by atoms with van der Waals surface area (Å²) < 4.78 is 44.1. The molecule has 0 aliphatic heterocycles. The molecule has 0 saturated heterocycles. The van der Waals surface area contributed by atoms with Gasteiger partial charge in [-0.05, 0) is 58.2 Å². The molecule has 1 N–H and O–H groups in total. The molecular weight excluding hydrogens is 453 g/mol. The number of hydrogen-bond acceptors (Lipinski definition) is 3. The SMILES string of the molecule is Cc1ccc(CC(c2cccc(C)c2)C(C)NC(=O)C(C)(C)Oc2ccc(C(F)(F)F)cn2)cc1. The summed E-state index contributed by atoms with van der Waals surface area (Å²) in [6, 6.07) is 18.3. The van der Waals surface area contributed by atoms with Crippen molar-refractivity contribution in [3.05, 3.63) is 94.7 Å². The number of rotatable bonds is 8. The first-order valence-electron chi connectivity index (χ1n) is 11.5. The second-order valence-corrected chi connectivity index (χ2v) is 9.47. The first-order valence-corrected chi connectivity index (χ1v) is 11.5. The number of aromatic nitrogens is 1. The number of carbonyl (C=O) groups is 1. The van der Waals surface area contributed by atoms with Crippen LogP contribution in [0.5, 0.6) is 5.88 Å². The average molecular weight is 485 g/mol. The molecule has 1 amide bonds. The summed E-state index contributed by atoms with van der Waals surface area (Å²) >= 11 is 0. The van der Waals surface area contributed by atoms with Crippen molar-refractivity contribution in [3.8, 4) is 5.88 Å². The molecule has 0 spiro atoms. The number of nitrogens with one attached hydrogen (secondary N) is 1. The zero-order valence-corrected chi connectivity index (χ0v) is 20.6. The lowest BCUT2D eigenvalue weighted by Crippen LogP contribution is -2.51. The smallest absolute Gasteiger partial charge is 0.417 e. The summed E-state index contributed by atoms with van der Waals surface area (Å²) in [5.74, 6) is -0.435. The summed E-state index contributed by atoms with van der Waals surface area (Å²) in [4.78, 5) is 16.9. The molecule has 35 heavy (non-hydrogen) atoms. The number of aryl methyl sites for hydroxylation is 2. The van der Waals surface area contributed by atoms with E-state index in [4.69, 9.17) is 4.74 Å². The third-order valence-corrected chi connectivity index (χ3v) is 5.98. The van der Waals surface area contributed by atoms with Gasteiger partial charge in [0.05, 0.1) is 5.56 Å². The normalized spacial score (nSPS) is 13.7. The molecule has 0 aliphatic carbocycles. The van der Waals surface area contributed by atoms with Crippen LogP contribution in [0.1, 0.15) is 54.5 Å². The Labute approximate surface area is 204 Å². The third kappa shape index (κ3) is 7.07. The highest BCUT2D eigenvalue weighted by Crippen LogP contribution is 2.30. The average Bonchev–Trinajstić information content (AvgIpc) is 2.78. The maximum atomic E-state index is 13.2. The van der Waals surface area contributed by atoms with E-state index in [1.165, 1.54) is 5.56 Å². The predicted molar refractivity (Wildman–Crippen MR) is 130 cm³/mol. The van der Waals surface area contributed by atoms with E-state index in [0.717, 1.165) is 35.2 Å². The molecule has 0 fully saturated rings. The molecule has 0 radical (unpaired) electrons. The molecule has 2 aromatic carbocycles. The molecule has 0 saturated carbocycles. The Morgan fingerprint density at radius 1 is 1.00 bits per heavy atom. The molecule has 7 heteroatoms. The van der Waals surface area contributed by atoms with Crippen LogP contribution >= 0.6 is 0 Å². The Morgan fingerprint density at radius 2 is 1.69 bits per heavy atom. The summed E-state index contributed by atoms with van der Waals surface area (Å²) in [6.45, 7) is 9.15. The van der Waals surface area contributed by atoms with Crippen LogP contribution in [0.15, 0.2) is 66.9 Å². The standard InChI is InChI=1S/C28H31F3N2O2/c1-18-9-11-21(12-10-18)16-24(22-8-6-7-19(2)15-22)20(3)33-26(34)27(4,5)35-25-14-13-23(17-32-25)28(29,30)31/h6-15,17,20,24H,16H2,1-5H3,(H,33,34). The molecule has 2 unspecified atom stereocenters. The Hall–Kier alpha value is -3.35. The fourth-order valence-corrected chi connectivity index (χ4v) is 3.86. The van der Waals surface area contributed by atoms with Crippen LogP contribution in [0.3, 0.4) is 0 Å². The van der Waals surface area contributed by atoms with E-state index in [0.29, 0.717) is 6.20 Å². The van der Waals surface area contributed by atoms with Gasteiger partial charge in [0.1, 0.15) is 0 Å². The van der Waals surface area contributed by atoms with E-state index in [-0.39, 0.29) is 23.7 Å². The largest absolute Gasteiger partial charge is 0.462 e. The van der Waals surface area contributed by atoms with Gasteiger partial charge in [0.25, 0.3) is 5.91 Å². The van der Waals surface area contributed by atoms with Gasteiger partial charge in [0.15, 0.2) is 5.60 Å². The molecule has 0 bridgehead atoms. The maximum absolute atomic E-state index is 13.2. The number of alkyl halides is 3. The molecular formula is C28H31F3N2O2. The van der Waals surface area contributed by atoms with Crippen molar-refractivity contribution in [1.82, 2.24) is 10.3 Å². The van der Waals surface area contributed by atoms with Crippen molar-refractivity contribution in [2.75, 3.05) is 0 Å². The summed E-state index contributed by atoms with van der Waals surface area (Å²) in [5, 5.41) is 3.05. The highest BCUT2D eigenvalue weighted by Gasteiger charge is 2.34. The van der Waals surface area contributed by atoms with Gasteiger partial charge in [-0.3, -0.25) is 4.79 Å². The first-order chi connectivity index (χ1) is 16.3. The number of benzene rings is 2. The molecule has 3 aromatic rings. The van der Waals surface area contributed by atoms with Gasteiger partial charge in [-0.1, -0.05) is 59.7 Å². The number of nitrogens with zero attached hydrogens (tertiary/aromatic N) is 1. The molecule has 1 aromatic heterocycles. The van der Waals surface area contributed by atoms with E-state index in [2.05, 4.69) is 46.7 Å². The quantitative estimate of drug-likeness (QED) is 0.402. The highest BCUT2D eigenvalue weighted by molar-refractivity contribution is 5.85. The van der Waals surface area contributed by atoms with Crippen LogP contribution in [0, 0.1) is 13.8 Å². The minimum Gasteiger partial charge on any atom is -0.462 e. The maximum Gasteiger partial charge on any atom is 0.417 e. The number of carbonyl (C=O) groups excluding carboxylic acids is 1. The number of hydrogen-bond donors (Lipinski definition) is 1. The van der Waals surface area contributed by atoms with E-state index < -0.39 is 17.3 Å². The van der Waals surface area contributed by atoms with Crippen molar-refractivity contribution in [2.45, 2.75) is 64.8 Å². The first kappa shape index (κ1) is 26.3. The Kier molecular flexibility index (Phi) is 7.88. The van der Waals surface area contributed by atoms with Gasteiger partial charge in [-0.2, -0.15) is 13.2 Å². The monoisotopic (exact) mass is 484 g/mol. The fraction of sp³-hybridized carbons (Fsp3) is 0.357. The van der Waals surface area contributed by atoms with E-state index in [9.17, 15) is 18.0 Å². The highest BCUT2D eigenvalue weighted by atomic mass is 19.4. The van der Waals surface area contributed by atoms with Gasteiger partial charge in [0, 0.05) is 24.2 Å². The predicted octanol–water partition coefficient (Wildman–Crippen LogP) is 6.41. The van der Waals surface area contributed by atoms with Gasteiger partial charge >= 0.3 is 6.18 Å². The molecule has 1 heterocycles. The second kappa shape index (κ2) is 10.5. The van der Waals surface area contributed by atoms with Gasteiger partial charge in [0.2, 0.25) is 5.88 Å². The summed E-state index contributed by atoms with van der Waals surface area (Å²) in [7, 11) is 0. The lowest BCUT2D eigenvalue weighted by molar-refractivity contribution is -0.138. The minimum absolute atomic E-state index is 0.00144. The van der Waals surface area contributed by atoms with Crippen molar-refractivity contribution >= 4 is 5.91 Å². The van der Waals surface area contributed by atoms with Crippen molar-refractivity contribution in [1.29, 1.82) is 0 Å². The van der Waals surface area contributed by atoms with Crippen LogP contribution in [0.25, 0.3) is 0 Å². The number of ether oxygens (including phenoxy) is 1. The van der Waals surface area contributed by atoms with Crippen molar-refractivity contribution < 1.29 is 22.7 Å². The van der Waals surface area contributed by atoms with Crippen LogP contribution in [0.4, 0.5) is 13.2 Å². The minimum atomic E-state index is -4.49. The molecule has 3 rings (SSSR count). The van der Waals surface area contributed by atoms with Gasteiger partial charge in [-0.15, -0.1) is 0 Å². The zero-order chi connectivity index (χ0) is 25.8. The molecule has 0 aliphatic rings. The topological polar surface area (TPSA) is 51.2 Å². The Bertz CT molecular complexity index is 1140. The van der Waals surface area contributed by atoms with E-state index in [1.807, 2.05) is 32.9 Å². The molecule has 2 atom stereocenters. The van der Waals surface area contributed by atoms with Crippen molar-refractivity contribution in [3.63, 3.8) is 0 Å². The second-order valence-electron chi connectivity index (χ2n) is 9.47. The Balaban J connectivity index is 1.76. The lowest BCUT2D eigenvalue weighted by atomic mass is 9.85. The number of amides is 1. The van der Waals surface area contributed by atoms with Crippen LogP contribution < -0.4 is 10.1 Å². The van der Waals surface area contributed by atoms with Gasteiger partial charge < -0.3 is 10.1 Å². The van der Waals surface area contributed by atoms with Crippen LogP contribution in [-0.4, -0.2) is 22.5 Å². The fourth-order valence-electron chi connectivity index (χ4n) is 3.86.